The number of aliphatic hydroxyl groups is 2. The second kappa shape index (κ2) is 22.6. The predicted octanol–water partition coefficient (Wildman–Crippen LogP) is 5.11. The molecular formula is C46H69N5O13. The van der Waals surface area contributed by atoms with Gasteiger partial charge in [-0.3, -0.25) is 24.2 Å². The second-order valence-electron chi connectivity index (χ2n) is 17.9. The third kappa shape index (κ3) is 13.1. The van der Waals surface area contributed by atoms with Crippen LogP contribution in [0.15, 0.2) is 45.3 Å². The number of likely N-dealkylation sites (N-methyl/N-ethyl adjacent to an activating group) is 1. The molecule has 0 aromatic carbocycles. The number of carbonyl (C=O) groups excluding carboxylic acids is 4. The topological polar surface area (TPSA) is 231 Å². The number of ketones is 1. The number of cyclic esters (lactones) is 1. The lowest BCUT2D eigenvalue weighted by atomic mass is 9.74. The molecule has 18 heteroatoms. The average Bonchev–Trinajstić information content (AvgIpc) is 3.77. The molecular weight excluding hydrogens is 831 g/mol. The Hall–Kier alpha value is -4.46. The van der Waals surface area contributed by atoms with Gasteiger partial charge in [0.15, 0.2) is 30.5 Å². The average molecular weight is 900 g/mol. The highest BCUT2D eigenvalue weighted by atomic mass is 16.7. The van der Waals surface area contributed by atoms with Gasteiger partial charge in [0, 0.05) is 49.2 Å². The Balaban J connectivity index is 1.72. The van der Waals surface area contributed by atoms with Crippen molar-refractivity contribution < 1.29 is 62.4 Å². The van der Waals surface area contributed by atoms with Crippen LogP contribution in [0.2, 0.25) is 0 Å². The van der Waals surface area contributed by atoms with E-state index in [4.69, 9.17) is 33.0 Å². The van der Waals surface area contributed by atoms with E-state index >= 15 is 0 Å². The van der Waals surface area contributed by atoms with Crippen molar-refractivity contribution in [1.82, 2.24) is 15.0 Å². The molecule has 2 aliphatic rings. The zero-order chi connectivity index (χ0) is 47.7. The molecule has 4 heterocycles. The molecule has 4 rings (SSSR count). The number of rotatable bonds is 13. The summed E-state index contributed by atoms with van der Waals surface area (Å²) in [5.41, 5.74) is -1.69. The fraction of sp³-hybridized carbons (Fsp3) is 0.696. The van der Waals surface area contributed by atoms with E-state index in [9.17, 15) is 29.4 Å². The first-order valence-corrected chi connectivity index (χ1v) is 22.1. The van der Waals surface area contributed by atoms with E-state index in [-0.39, 0.29) is 43.9 Å². The van der Waals surface area contributed by atoms with Gasteiger partial charge in [-0.25, -0.2) is 4.99 Å². The molecule has 18 nitrogen and oxygen atoms in total. The summed E-state index contributed by atoms with van der Waals surface area (Å²) < 4.78 is 36.4. The van der Waals surface area contributed by atoms with Crippen LogP contribution in [0.25, 0.3) is 11.3 Å². The van der Waals surface area contributed by atoms with Crippen LogP contribution in [0.3, 0.4) is 0 Å². The quantitative estimate of drug-likeness (QED) is 0.115. The van der Waals surface area contributed by atoms with Crippen molar-refractivity contribution in [3.8, 4) is 11.3 Å². The minimum absolute atomic E-state index is 0.0468. The summed E-state index contributed by atoms with van der Waals surface area (Å²) >= 11 is 0. The lowest BCUT2D eigenvalue weighted by Gasteiger charge is -2.47. The maximum atomic E-state index is 14.4. The highest BCUT2D eigenvalue weighted by Crippen LogP contribution is 2.38. The van der Waals surface area contributed by atoms with Crippen LogP contribution in [-0.4, -0.2) is 135 Å². The van der Waals surface area contributed by atoms with E-state index in [0.29, 0.717) is 30.0 Å². The molecule has 0 unspecified atom stereocenters. The number of nitrogens with zero attached hydrogens (tertiary/aromatic N) is 5. The van der Waals surface area contributed by atoms with Gasteiger partial charge in [0.1, 0.15) is 17.6 Å². The number of pyridine rings is 1. The number of carbonyl (C=O) groups is 4. The van der Waals surface area contributed by atoms with Crippen LogP contribution in [-0.2, 0) is 54.3 Å². The molecule has 0 spiro atoms. The van der Waals surface area contributed by atoms with Gasteiger partial charge in [-0.2, -0.15) is 0 Å². The largest absolute Gasteiger partial charge is 0.459 e. The first-order chi connectivity index (χ1) is 30.0. The van der Waals surface area contributed by atoms with Gasteiger partial charge in [-0.05, 0) is 85.5 Å². The summed E-state index contributed by atoms with van der Waals surface area (Å²) in [6.45, 7) is 17.4. The maximum absolute atomic E-state index is 14.4. The monoisotopic (exact) mass is 899 g/mol. The zero-order valence-electron chi connectivity index (χ0n) is 39.6. The van der Waals surface area contributed by atoms with Crippen molar-refractivity contribution in [2.24, 2.45) is 33.8 Å². The highest BCUT2D eigenvalue weighted by Gasteiger charge is 2.52. The Kier molecular flexibility index (Phi) is 18.4. The predicted molar refractivity (Wildman–Crippen MR) is 235 cm³/mol. The van der Waals surface area contributed by atoms with Gasteiger partial charge in [-0.15, -0.1) is 0 Å². The Morgan fingerprint density at radius 3 is 2.27 bits per heavy atom. The molecule has 0 saturated carbocycles. The summed E-state index contributed by atoms with van der Waals surface area (Å²) in [4.78, 5) is 70.0. The molecule has 2 aliphatic heterocycles. The summed E-state index contributed by atoms with van der Waals surface area (Å²) in [6, 6.07) is 4.99. The van der Waals surface area contributed by atoms with Crippen LogP contribution in [0.4, 0.5) is 0 Å². The Morgan fingerprint density at radius 1 is 1.00 bits per heavy atom. The second-order valence-corrected chi connectivity index (χ2v) is 17.9. The van der Waals surface area contributed by atoms with Gasteiger partial charge < -0.3 is 48.2 Å². The van der Waals surface area contributed by atoms with E-state index in [1.54, 1.807) is 52.2 Å². The number of esters is 2. The number of amides is 1. The number of hydrogen-bond donors (Lipinski definition) is 2. The van der Waals surface area contributed by atoms with E-state index < -0.39 is 89.2 Å². The summed E-state index contributed by atoms with van der Waals surface area (Å²) in [5, 5.41) is 33.1. The Labute approximate surface area is 376 Å². The lowest BCUT2D eigenvalue weighted by Crippen LogP contribution is -2.60. The molecule has 2 N–H and O–H groups in total. The minimum Gasteiger partial charge on any atom is -0.459 e. The normalized spacial score (nSPS) is 34.3. The van der Waals surface area contributed by atoms with Crippen molar-refractivity contribution in [2.75, 3.05) is 20.7 Å². The minimum atomic E-state index is -1.92. The van der Waals surface area contributed by atoms with Crippen molar-refractivity contribution in [3.05, 3.63) is 36.3 Å². The number of Topliss-reactive ketones (excluding diaryl/α,β-unsaturated/α-hetero) is 1. The SMILES string of the molecule is CC/C(CO[C@@H]1[C@@H](C)C(=NC(C)=O)[C@H](C)C[C@@](C)(O)[C@H](O[C@@H]2O[C@H](C)C[C@H](N(C)C)[C@H]2OC(C)=O)[C@@H](C)C(=O)[C@@H](C)C(=O)O[C@H](CC)[C@@]1(C)O)=N/OCc1ccc(-c2ccno2)cn1. The Morgan fingerprint density at radius 2 is 1.70 bits per heavy atom. The molecule has 0 aliphatic carbocycles. The molecule has 0 bridgehead atoms. The lowest BCUT2D eigenvalue weighted by molar-refractivity contribution is -0.295. The van der Waals surface area contributed by atoms with E-state index in [1.807, 2.05) is 38.9 Å². The van der Waals surface area contributed by atoms with E-state index in [2.05, 4.69) is 20.3 Å². The fourth-order valence-corrected chi connectivity index (χ4v) is 8.85. The van der Waals surface area contributed by atoms with Crippen LogP contribution < -0.4 is 0 Å². The molecule has 13 atom stereocenters. The van der Waals surface area contributed by atoms with Gasteiger partial charge >= 0.3 is 11.9 Å². The molecule has 2 aromatic heterocycles. The van der Waals surface area contributed by atoms with Gasteiger partial charge in [-0.1, -0.05) is 44.9 Å². The van der Waals surface area contributed by atoms with Crippen molar-refractivity contribution >= 4 is 35.1 Å². The fourth-order valence-electron chi connectivity index (χ4n) is 8.85. The first kappa shape index (κ1) is 52.2. The molecule has 2 fully saturated rings. The highest BCUT2D eigenvalue weighted by molar-refractivity contribution is 6.00. The van der Waals surface area contributed by atoms with Crippen molar-refractivity contribution in [3.63, 3.8) is 0 Å². The van der Waals surface area contributed by atoms with Gasteiger partial charge in [0.25, 0.3) is 0 Å². The van der Waals surface area contributed by atoms with Crippen LogP contribution in [0.5, 0.6) is 0 Å². The summed E-state index contributed by atoms with van der Waals surface area (Å²) in [5.74, 6) is -6.06. The molecule has 0 radical (unpaired) electrons. The number of hydrogen-bond acceptors (Lipinski definition) is 17. The number of oxime groups is 1. The molecule has 2 aromatic rings. The summed E-state index contributed by atoms with van der Waals surface area (Å²) in [7, 11) is 3.68. The summed E-state index contributed by atoms with van der Waals surface area (Å²) in [6.07, 6.45) is -2.14. The number of aliphatic imine (C=N–C) groups is 1. The van der Waals surface area contributed by atoms with Crippen molar-refractivity contribution in [2.45, 2.75) is 163 Å². The van der Waals surface area contributed by atoms with E-state index in [1.165, 1.54) is 34.6 Å². The molecule has 1 amide bonds. The van der Waals surface area contributed by atoms with Crippen LogP contribution in [0, 0.1) is 23.7 Å². The van der Waals surface area contributed by atoms with Crippen molar-refractivity contribution in [1.29, 1.82) is 0 Å². The number of aromatic nitrogens is 2. The third-order valence-corrected chi connectivity index (χ3v) is 12.2. The number of ether oxygens (including phenoxy) is 5. The third-order valence-electron chi connectivity index (χ3n) is 12.2. The smallest absolute Gasteiger partial charge is 0.316 e. The van der Waals surface area contributed by atoms with E-state index in [0.717, 1.165) is 5.56 Å². The standard InChI is InChI=1S/C46H69N5O13/c1-14-33(50-59-24-34-17-16-32(22-47-34)36-18-19-48-64-36)23-58-42-27(5)38(49-30(8)52)25(3)21-45(10,56)41(28(6)39(54)29(7)43(55)62-37(15-2)46(42,11)57)63-44-40(61-31(9)53)35(51(12)13)20-26(4)60-44/h16-19,22,25-29,35,37,40-42,44,56-57H,14-15,20-21,23-24H2,1-13H3/b49-38?,50-33-/t25-,26-,27+,28+,29-,35+,37-,40-,41-,42-,44+,45-,46-/m1/s1. The molecule has 2 saturated heterocycles. The first-order valence-electron chi connectivity index (χ1n) is 22.1. The zero-order valence-corrected chi connectivity index (χ0v) is 39.6. The maximum Gasteiger partial charge on any atom is 0.316 e. The van der Waals surface area contributed by atoms with Crippen LogP contribution in [0.1, 0.15) is 108 Å². The van der Waals surface area contributed by atoms with Gasteiger partial charge in [0.05, 0.1) is 54.2 Å². The van der Waals surface area contributed by atoms with Crippen LogP contribution >= 0.6 is 0 Å². The Bertz CT molecular complexity index is 1930. The molecule has 356 valence electrons. The molecule has 64 heavy (non-hydrogen) atoms. The van der Waals surface area contributed by atoms with Gasteiger partial charge in [0.2, 0.25) is 5.91 Å².